The van der Waals surface area contributed by atoms with Crippen LogP contribution < -0.4 is 10.5 Å². The lowest BCUT2D eigenvalue weighted by Gasteiger charge is -2.15. The van der Waals surface area contributed by atoms with E-state index in [4.69, 9.17) is 5.73 Å². The predicted molar refractivity (Wildman–Crippen MR) is 70.1 cm³/mol. The van der Waals surface area contributed by atoms with Crippen molar-refractivity contribution in [3.8, 4) is 16.9 Å². The van der Waals surface area contributed by atoms with Crippen molar-refractivity contribution in [2.45, 2.75) is 19.7 Å². The molecule has 0 aliphatic heterocycles. The first-order chi connectivity index (χ1) is 9.40. The molecule has 0 aliphatic carbocycles. The molecule has 6 heteroatoms. The second kappa shape index (κ2) is 5.40. The Bertz CT molecular complexity index is 612. The zero-order valence-electron chi connectivity index (χ0n) is 10.7. The summed E-state index contributed by atoms with van der Waals surface area (Å²) in [4.78, 5) is 3.94. The predicted octanol–water partition coefficient (Wildman–Crippen LogP) is 3.79. The first kappa shape index (κ1) is 14.2. The van der Waals surface area contributed by atoms with Gasteiger partial charge in [0.05, 0.1) is 0 Å². The van der Waals surface area contributed by atoms with E-state index in [-0.39, 0.29) is 5.75 Å². The molecule has 0 radical (unpaired) electrons. The van der Waals surface area contributed by atoms with Gasteiger partial charge in [-0.25, -0.2) is 4.98 Å². The number of rotatable bonds is 3. The number of pyridine rings is 1. The second-order valence-corrected chi connectivity index (χ2v) is 4.16. The molecule has 0 fully saturated rings. The normalized spacial score (nSPS) is 11.4. The fourth-order valence-electron chi connectivity index (χ4n) is 1.95. The smallest absolute Gasteiger partial charge is 0.405 e. The molecule has 0 spiro atoms. The summed E-state index contributed by atoms with van der Waals surface area (Å²) in [6, 6.07) is 7.63. The first-order valence-corrected chi connectivity index (χ1v) is 6.00. The maximum atomic E-state index is 12.4. The zero-order valence-corrected chi connectivity index (χ0v) is 10.7. The largest absolute Gasteiger partial charge is 0.573 e. The Morgan fingerprint density at radius 3 is 2.55 bits per heavy atom. The average Bonchev–Trinajstić information content (AvgIpc) is 2.38. The van der Waals surface area contributed by atoms with Crippen molar-refractivity contribution in [3.63, 3.8) is 0 Å². The monoisotopic (exact) mass is 282 g/mol. The van der Waals surface area contributed by atoms with Crippen LogP contribution in [0.5, 0.6) is 5.75 Å². The second-order valence-electron chi connectivity index (χ2n) is 4.16. The van der Waals surface area contributed by atoms with Gasteiger partial charge in [0, 0.05) is 17.3 Å². The SMILES string of the molecule is CCc1cc(N)ncc1-c1ccccc1OC(F)(F)F. The van der Waals surface area contributed by atoms with Gasteiger partial charge in [-0.1, -0.05) is 25.1 Å². The van der Waals surface area contributed by atoms with Crippen LogP contribution in [0.25, 0.3) is 11.1 Å². The third-order valence-corrected chi connectivity index (χ3v) is 2.79. The summed E-state index contributed by atoms with van der Waals surface area (Å²) < 4.78 is 41.3. The average molecular weight is 282 g/mol. The van der Waals surface area contributed by atoms with Gasteiger partial charge >= 0.3 is 6.36 Å². The van der Waals surface area contributed by atoms with Crippen molar-refractivity contribution in [2.24, 2.45) is 0 Å². The minimum atomic E-state index is -4.73. The fraction of sp³-hybridized carbons (Fsp3) is 0.214. The van der Waals surface area contributed by atoms with E-state index in [1.807, 2.05) is 6.92 Å². The van der Waals surface area contributed by atoms with Gasteiger partial charge in [0.25, 0.3) is 0 Å². The number of halogens is 3. The molecule has 1 aromatic carbocycles. The van der Waals surface area contributed by atoms with Crippen LogP contribution in [-0.2, 0) is 6.42 Å². The first-order valence-electron chi connectivity index (χ1n) is 6.00. The molecule has 0 saturated heterocycles. The number of hydrogen-bond acceptors (Lipinski definition) is 3. The molecule has 0 saturated carbocycles. The number of alkyl halides is 3. The number of para-hydroxylation sites is 1. The van der Waals surface area contributed by atoms with Gasteiger partial charge in [0.1, 0.15) is 11.6 Å². The van der Waals surface area contributed by atoms with Gasteiger partial charge in [-0.05, 0) is 24.1 Å². The summed E-state index contributed by atoms with van der Waals surface area (Å²) in [6.45, 7) is 1.89. The van der Waals surface area contributed by atoms with E-state index < -0.39 is 6.36 Å². The molecule has 2 rings (SSSR count). The fourth-order valence-corrected chi connectivity index (χ4v) is 1.95. The molecule has 20 heavy (non-hydrogen) atoms. The van der Waals surface area contributed by atoms with Crippen molar-refractivity contribution in [1.82, 2.24) is 4.98 Å². The third kappa shape index (κ3) is 3.20. The van der Waals surface area contributed by atoms with E-state index >= 15 is 0 Å². The lowest BCUT2D eigenvalue weighted by Crippen LogP contribution is -2.17. The van der Waals surface area contributed by atoms with Crippen LogP contribution in [0.2, 0.25) is 0 Å². The quantitative estimate of drug-likeness (QED) is 0.931. The van der Waals surface area contributed by atoms with Crippen LogP contribution in [0.4, 0.5) is 19.0 Å². The molecule has 0 unspecified atom stereocenters. The van der Waals surface area contributed by atoms with Crippen LogP contribution >= 0.6 is 0 Å². The minimum Gasteiger partial charge on any atom is -0.405 e. The van der Waals surface area contributed by atoms with Crippen molar-refractivity contribution in [3.05, 3.63) is 42.1 Å². The summed E-state index contributed by atoms with van der Waals surface area (Å²) in [5.74, 6) is 0.0843. The number of hydrogen-bond donors (Lipinski definition) is 1. The van der Waals surface area contributed by atoms with Crippen LogP contribution in [-0.4, -0.2) is 11.3 Å². The van der Waals surface area contributed by atoms with E-state index in [0.717, 1.165) is 5.56 Å². The summed E-state index contributed by atoms with van der Waals surface area (Å²) in [6.07, 6.45) is -2.64. The number of anilines is 1. The number of aryl methyl sites for hydroxylation is 1. The number of ether oxygens (including phenoxy) is 1. The Hall–Kier alpha value is -2.24. The molecular formula is C14H13F3N2O. The third-order valence-electron chi connectivity index (χ3n) is 2.79. The molecule has 0 atom stereocenters. The molecule has 106 valence electrons. The van der Waals surface area contributed by atoms with Crippen molar-refractivity contribution in [2.75, 3.05) is 5.73 Å². The van der Waals surface area contributed by atoms with E-state index in [1.165, 1.54) is 18.3 Å². The molecule has 2 aromatic rings. The maximum Gasteiger partial charge on any atom is 0.573 e. The Kier molecular flexibility index (Phi) is 3.83. The van der Waals surface area contributed by atoms with E-state index in [0.29, 0.717) is 23.4 Å². The van der Waals surface area contributed by atoms with Crippen molar-refractivity contribution in [1.29, 1.82) is 0 Å². The number of nitrogens with zero attached hydrogens (tertiary/aromatic N) is 1. The van der Waals surface area contributed by atoms with E-state index in [1.54, 1.807) is 18.2 Å². The summed E-state index contributed by atoms with van der Waals surface area (Å²) >= 11 is 0. The zero-order chi connectivity index (χ0) is 14.8. The van der Waals surface area contributed by atoms with Crippen LogP contribution in [0.15, 0.2) is 36.5 Å². The minimum absolute atomic E-state index is 0.249. The Labute approximate surface area is 114 Å². The molecule has 0 aliphatic rings. The standard InChI is InChI=1S/C14H13F3N2O/c1-2-9-7-13(18)19-8-11(9)10-5-3-4-6-12(10)20-14(15,16)17/h3-8H,2H2,1H3,(H2,18,19). The van der Waals surface area contributed by atoms with Gasteiger partial charge in [-0.3, -0.25) is 0 Å². The Morgan fingerprint density at radius 2 is 1.90 bits per heavy atom. The highest BCUT2D eigenvalue weighted by Gasteiger charge is 2.32. The van der Waals surface area contributed by atoms with Gasteiger partial charge in [-0.2, -0.15) is 0 Å². The van der Waals surface area contributed by atoms with Crippen molar-refractivity contribution < 1.29 is 17.9 Å². The highest BCUT2D eigenvalue weighted by Crippen LogP contribution is 2.35. The lowest BCUT2D eigenvalue weighted by atomic mass is 9.99. The van der Waals surface area contributed by atoms with Crippen LogP contribution in [0.1, 0.15) is 12.5 Å². The number of nitrogens with two attached hydrogens (primary N) is 1. The highest BCUT2D eigenvalue weighted by atomic mass is 19.4. The molecule has 1 aromatic heterocycles. The Morgan fingerprint density at radius 1 is 1.20 bits per heavy atom. The maximum absolute atomic E-state index is 12.4. The number of aromatic nitrogens is 1. The van der Waals surface area contributed by atoms with Crippen LogP contribution in [0.3, 0.4) is 0 Å². The topological polar surface area (TPSA) is 48.1 Å². The Balaban J connectivity index is 2.53. The van der Waals surface area contributed by atoms with E-state index in [9.17, 15) is 13.2 Å². The molecule has 2 N–H and O–H groups in total. The molecule has 0 amide bonds. The number of nitrogen functional groups attached to an aromatic ring is 1. The summed E-state index contributed by atoms with van der Waals surface area (Å²) in [7, 11) is 0. The summed E-state index contributed by atoms with van der Waals surface area (Å²) in [5, 5.41) is 0. The molecule has 0 bridgehead atoms. The summed E-state index contributed by atoms with van der Waals surface area (Å²) in [5.41, 5.74) is 7.34. The van der Waals surface area contributed by atoms with E-state index in [2.05, 4.69) is 9.72 Å². The lowest BCUT2D eigenvalue weighted by molar-refractivity contribution is -0.274. The molecular weight excluding hydrogens is 269 g/mol. The van der Waals surface area contributed by atoms with Crippen LogP contribution in [0, 0.1) is 0 Å². The van der Waals surface area contributed by atoms with Crippen molar-refractivity contribution >= 4 is 5.82 Å². The van der Waals surface area contributed by atoms with Gasteiger partial charge < -0.3 is 10.5 Å². The number of benzene rings is 1. The van der Waals surface area contributed by atoms with Gasteiger partial charge in [0.15, 0.2) is 0 Å². The van der Waals surface area contributed by atoms with Gasteiger partial charge in [0.2, 0.25) is 0 Å². The van der Waals surface area contributed by atoms with Gasteiger partial charge in [-0.15, -0.1) is 13.2 Å². The highest BCUT2D eigenvalue weighted by molar-refractivity contribution is 5.73. The molecule has 3 nitrogen and oxygen atoms in total. The molecule has 1 heterocycles.